The van der Waals surface area contributed by atoms with Gasteiger partial charge >= 0.3 is 0 Å². The number of nitrogens with two attached hydrogens (primary N) is 2. The van der Waals surface area contributed by atoms with Gasteiger partial charge in [-0.1, -0.05) is 12.1 Å². The molecule has 5 heteroatoms. The summed E-state index contributed by atoms with van der Waals surface area (Å²) in [5.74, 6) is 0.698. The number of alkyl halides is 1. The van der Waals surface area contributed by atoms with Crippen molar-refractivity contribution in [3.05, 3.63) is 29.8 Å². The van der Waals surface area contributed by atoms with Gasteiger partial charge in [0.1, 0.15) is 19.0 Å². The molecule has 0 aliphatic carbocycles. The molecule has 4 nitrogen and oxygen atoms in total. The molecule has 1 rings (SSSR count). The van der Waals surface area contributed by atoms with Gasteiger partial charge in [-0.2, -0.15) is 0 Å². The van der Waals surface area contributed by atoms with Crippen molar-refractivity contribution in [2.75, 3.05) is 13.3 Å². The molecular weight excluding hydrogens is 209 g/mol. The second-order valence-corrected chi connectivity index (χ2v) is 3.34. The first-order chi connectivity index (χ1) is 7.63. The van der Waals surface area contributed by atoms with Crippen LogP contribution in [-0.4, -0.2) is 19.2 Å². The zero-order chi connectivity index (χ0) is 12.0. The van der Waals surface area contributed by atoms with E-state index < -0.39 is 6.67 Å². The van der Waals surface area contributed by atoms with E-state index in [1.807, 2.05) is 19.1 Å². The third-order valence-corrected chi connectivity index (χ3v) is 2.05. The number of ether oxygens (including phenoxy) is 1. The van der Waals surface area contributed by atoms with E-state index in [0.29, 0.717) is 5.75 Å². The van der Waals surface area contributed by atoms with Crippen molar-refractivity contribution in [1.29, 1.82) is 0 Å². The van der Waals surface area contributed by atoms with Crippen LogP contribution >= 0.6 is 0 Å². The van der Waals surface area contributed by atoms with Crippen LogP contribution in [0, 0.1) is 0 Å². The minimum Gasteiger partial charge on any atom is -0.491 e. The third kappa shape index (κ3) is 3.76. The summed E-state index contributed by atoms with van der Waals surface area (Å²) in [5, 5.41) is 0. The van der Waals surface area contributed by atoms with Gasteiger partial charge in [0.25, 0.3) is 0 Å². The number of aliphatic imine (C=N–C) groups is 1. The molecule has 0 heterocycles. The molecule has 1 aromatic rings. The predicted molar refractivity (Wildman–Crippen MR) is 62.1 cm³/mol. The fourth-order valence-corrected chi connectivity index (χ4v) is 1.30. The summed E-state index contributed by atoms with van der Waals surface area (Å²) in [6, 6.07) is 7.14. The lowest BCUT2D eigenvalue weighted by atomic mass is 10.1. The van der Waals surface area contributed by atoms with E-state index in [4.69, 9.17) is 16.2 Å². The average Bonchev–Trinajstić information content (AvgIpc) is 2.26. The Labute approximate surface area is 94.1 Å². The number of guanidine groups is 1. The van der Waals surface area contributed by atoms with Gasteiger partial charge in [0.15, 0.2) is 5.96 Å². The molecule has 0 aliphatic rings. The molecule has 0 fully saturated rings. The monoisotopic (exact) mass is 225 g/mol. The maximum Gasteiger partial charge on any atom is 0.186 e. The number of hydrogen-bond acceptors (Lipinski definition) is 2. The topological polar surface area (TPSA) is 73.6 Å². The van der Waals surface area contributed by atoms with Crippen molar-refractivity contribution in [3.63, 3.8) is 0 Å². The molecule has 0 aromatic heterocycles. The Kier molecular flexibility index (Phi) is 4.57. The molecule has 0 spiro atoms. The van der Waals surface area contributed by atoms with Gasteiger partial charge in [-0.3, -0.25) is 0 Å². The SMILES string of the molecule is CC(N=C(N)N)c1ccc(OCCF)cc1. The van der Waals surface area contributed by atoms with Crippen LogP contribution < -0.4 is 16.2 Å². The molecule has 4 N–H and O–H groups in total. The molecular formula is C11H16FN3O. The molecule has 16 heavy (non-hydrogen) atoms. The zero-order valence-corrected chi connectivity index (χ0v) is 9.19. The predicted octanol–water partition coefficient (Wildman–Crippen LogP) is 1.37. The summed E-state index contributed by atoms with van der Waals surface area (Å²) in [7, 11) is 0. The highest BCUT2D eigenvalue weighted by Crippen LogP contribution is 2.19. The van der Waals surface area contributed by atoms with Crippen molar-refractivity contribution in [1.82, 2.24) is 0 Å². The van der Waals surface area contributed by atoms with Crippen LogP contribution in [0.25, 0.3) is 0 Å². The number of rotatable bonds is 5. The second-order valence-electron chi connectivity index (χ2n) is 3.34. The first kappa shape index (κ1) is 12.3. The Balaban J connectivity index is 2.67. The van der Waals surface area contributed by atoms with Gasteiger partial charge in [0, 0.05) is 0 Å². The normalized spacial score (nSPS) is 11.9. The Morgan fingerprint density at radius 2 is 2.00 bits per heavy atom. The summed E-state index contributed by atoms with van der Waals surface area (Å²) >= 11 is 0. The number of halogens is 1. The van der Waals surface area contributed by atoms with Crippen molar-refractivity contribution in [2.45, 2.75) is 13.0 Å². The summed E-state index contributed by atoms with van der Waals surface area (Å²) in [4.78, 5) is 4.01. The lowest BCUT2D eigenvalue weighted by Gasteiger charge is -2.08. The second kappa shape index (κ2) is 5.95. The molecule has 1 aromatic carbocycles. The Morgan fingerprint density at radius 3 is 2.50 bits per heavy atom. The number of benzene rings is 1. The molecule has 0 saturated carbocycles. The summed E-state index contributed by atoms with van der Waals surface area (Å²) in [6.45, 7) is 1.46. The molecule has 1 atom stereocenters. The lowest BCUT2D eigenvalue weighted by molar-refractivity contribution is 0.273. The minimum absolute atomic E-state index is 0.0604. The van der Waals surface area contributed by atoms with E-state index in [0.717, 1.165) is 5.56 Å². The Bertz CT molecular complexity index is 347. The van der Waals surface area contributed by atoms with Crippen LogP contribution in [-0.2, 0) is 0 Å². The van der Waals surface area contributed by atoms with Gasteiger partial charge in [-0.05, 0) is 24.6 Å². The largest absolute Gasteiger partial charge is 0.491 e. The van der Waals surface area contributed by atoms with Crippen molar-refractivity contribution in [3.8, 4) is 5.75 Å². The Morgan fingerprint density at radius 1 is 1.38 bits per heavy atom. The Hall–Kier alpha value is -1.78. The van der Waals surface area contributed by atoms with Crippen LogP contribution in [0.3, 0.4) is 0 Å². The average molecular weight is 225 g/mol. The highest BCUT2D eigenvalue weighted by atomic mass is 19.1. The van der Waals surface area contributed by atoms with E-state index in [2.05, 4.69) is 4.99 Å². The van der Waals surface area contributed by atoms with Crippen LogP contribution in [0.1, 0.15) is 18.5 Å². The van der Waals surface area contributed by atoms with E-state index in [1.165, 1.54) is 0 Å². The first-order valence-electron chi connectivity index (χ1n) is 5.01. The maximum absolute atomic E-state index is 11.9. The molecule has 0 bridgehead atoms. The molecule has 0 aliphatic heterocycles. The maximum atomic E-state index is 11.9. The van der Waals surface area contributed by atoms with Crippen LogP contribution in [0.4, 0.5) is 4.39 Å². The molecule has 0 saturated heterocycles. The fourth-order valence-electron chi connectivity index (χ4n) is 1.30. The van der Waals surface area contributed by atoms with E-state index in [1.54, 1.807) is 12.1 Å². The summed E-state index contributed by atoms with van der Waals surface area (Å²) < 4.78 is 17.0. The van der Waals surface area contributed by atoms with Gasteiger partial charge < -0.3 is 16.2 Å². The van der Waals surface area contributed by atoms with Crippen molar-refractivity contribution >= 4 is 5.96 Å². The highest BCUT2D eigenvalue weighted by molar-refractivity contribution is 5.75. The van der Waals surface area contributed by atoms with Crippen LogP contribution in [0.5, 0.6) is 5.75 Å². The van der Waals surface area contributed by atoms with Crippen molar-refractivity contribution < 1.29 is 9.13 Å². The molecule has 1 unspecified atom stereocenters. The van der Waals surface area contributed by atoms with Gasteiger partial charge in [0.2, 0.25) is 0 Å². The van der Waals surface area contributed by atoms with E-state index >= 15 is 0 Å². The zero-order valence-electron chi connectivity index (χ0n) is 9.19. The summed E-state index contributed by atoms with van der Waals surface area (Å²) in [6.07, 6.45) is 0. The number of hydrogen-bond donors (Lipinski definition) is 2. The van der Waals surface area contributed by atoms with Crippen LogP contribution in [0.15, 0.2) is 29.3 Å². The molecule has 0 amide bonds. The quantitative estimate of drug-likeness (QED) is 0.587. The minimum atomic E-state index is -0.494. The van der Waals surface area contributed by atoms with Gasteiger partial charge in [-0.15, -0.1) is 0 Å². The highest BCUT2D eigenvalue weighted by Gasteiger charge is 2.03. The lowest BCUT2D eigenvalue weighted by Crippen LogP contribution is -2.23. The first-order valence-corrected chi connectivity index (χ1v) is 5.01. The number of nitrogens with zero attached hydrogens (tertiary/aromatic N) is 1. The van der Waals surface area contributed by atoms with E-state index in [9.17, 15) is 4.39 Å². The fraction of sp³-hybridized carbons (Fsp3) is 0.364. The summed E-state index contributed by atoms with van der Waals surface area (Å²) in [5.41, 5.74) is 11.5. The van der Waals surface area contributed by atoms with E-state index in [-0.39, 0.29) is 18.6 Å². The van der Waals surface area contributed by atoms with Gasteiger partial charge in [-0.25, -0.2) is 9.38 Å². The molecule has 88 valence electrons. The van der Waals surface area contributed by atoms with Gasteiger partial charge in [0.05, 0.1) is 6.04 Å². The van der Waals surface area contributed by atoms with Crippen LogP contribution in [0.2, 0.25) is 0 Å². The smallest absolute Gasteiger partial charge is 0.186 e. The standard InChI is InChI=1S/C11H16FN3O/c1-8(15-11(13)14)9-2-4-10(5-3-9)16-7-6-12/h2-5,8H,6-7H2,1H3,(H4,13,14,15). The third-order valence-electron chi connectivity index (χ3n) is 2.05. The molecule has 0 radical (unpaired) electrons. The van der Waals surface area contributed by atoms with Crippen molar-refractivity contribution in [2.24, 2.45) is 16.5 Å².